The zero-order valence-corrected chi connectivity index (χ0v) is 13.1. The van der Waals surface area contributed by atoms with E-state index in [-0.39, 0.29) is 12.4 Å². The van der Waals surface area contributed by atoms with Crippen LogP contribution in [0.4, 0.5) is 0 Å². The van der Waals surface area contributed by atoms with E-state index in [9.17, 15) is 4.79 Å². The molecule has 2 rings (SSSR count). The molecule has 0 atom stereocenters. The Balaban J connectivity index is 1.92. The smallest absolute Gasteiger partial charge is 0.373 e. The zero-order chi connectivity index (χ0) is 16.7. The van der Waals surface area contributed by atoms with E-state index in [0.717, 1.165) is 5.56 Å². The Kier molecular flexibility index (Phi) is 5.62. The third-order valence-corrected chi connectivity index (χ3v) is 2.94. The van der Waals surface area contributed by atoms with Crippen LogP contribution >= 0.6 is 0 Å². The van der Waals surface area contributed by atoms with E-state index in [0.29, 0.717) is 17.3 Å². The topological polar surface area (TPSA) is 79.5 Å². The maximum absolute atomic E-state index is 11.2. The fourth-order valence-corrected chi connectivity index (χ4v) is 1.80. The standard InChI is InChI=1S/C16H17NO6/c1-19-13-6-4-11(8-15(13)20-2)9-17-22-10-12-5-7-14(23-12)16(18)21-3/h4-9H,10H2,1-3H3/b17-9-. The summed E-state index contributed by atoms with van der Waals surface area (Å²) in [4.78, 5) is 16.4. The molecule has 0 amide bonds. The van der Waals surface area contributed by atoms with E-state index in [2.05, 4.69) is 9.89 Å². The number of methoxy groups -OCH3 is 3. The van der Waals surface area contributed by atoms with Crippen LogP contribution in [0.2, 0.25) is 0 Å². The predicted octanol–water partition coefficient (Wildman–Crippen LogP) is 2.63. The van der Waals surface area contributed by atoms with Crippen molar-refractivity contribution in [3.05, 3.63) is 47.4 Å². The van der Waals surface area contributed by atoms with Gasteiger partial charge in [0.15, 0.2) is 18.1 Å². The number of oxime groups is 1. The van der Waals surface area contributed by atoms with Crippen LogP contribution in [-0.2, 0) is 16.2 Å². The molecule has 0 radical (unpaired) electrons. The van der Waals surface area contributed by atoms with Gasteiger partial charge in [-0.05, 0) is 30.3 Å². The number of ether oxygens (including phenoxy) is 3. The van der Waals surface area contributed by atoms with E-state index in [1.54, 1.807) is 32.4 Å². The second kappa shape index (κ2) is 7.88. The summed E-state index contributed by atoms with van der Waals surface area (Å²) in [5, 5.41) is 3.84. The summed E-state index contributed by atoms with van der Waals surface area (Å²) in [5.41, 5.74) is 0.789. The SMILES string of the molecule is COC(=O)c1ccc(CO/N=C\c2ccc(OC)c(OC)c2)o1. The van der Waals surface area contributed by atoms with Crippen molar-refractivity contribution in [1.29, 1.82) is 0 Å². The van der Waals surface area contributed by atoms with Crippen molar-refractivity contribution >= 4 is 12.2 Å². The van der Waals surface area contributed by atoms with Crippen molar-refractivity contribution in [2.75, 3.05) is 21.3 Å². The van der Waals surface area contributed by atoms with Crippen LogP contribution in [0.5, 0.6) is 11.5 Å². The highest BCUT2D eigenvalue weighted by Crippen LogP contribution is 2.26. The summed E-state index contributed by atoms with van der Waals surface area (Å²) >= 11 is 0. The van der Waals surface area contributed by atoms with Crippen molar-refractivity contribution < 1.29 is 28.3 Å². The summed E-state index contributed by atoms with van der Waals surface area (Å²) < 4.78 is 20.2. The zero-order valence-electron chi connectivity index (χ0n) is 13.1. The second-order valence-corrected chi connectivity index (χ2v) is 4.38. The molecule has 7 heteroatoms. The summed E-state index contributed by atoms with van der Waals surface area (Å²) in [7, 11) is 4.42. The molecule has 0 aliphatic rings. The number of rotatable bonds is 7. The quantitative estimate of drug-likeness (QED) is 0.443. The van der Waals surface area contributed by atoms with E-state index >= 15 is 0 Å². The summed E-state index contributed by atoms with van der Waals surface area (Å²) in [5.74, 6) is 1.29. The maximum Gasteiger partial charge on any atom is 0.373 e. The normalized spacial score (nSPS) is 10.6. The monoisotopic (exact) mass is 319 g/mol. The average Bonchev–Trinajstić information content (AvgIpc) is 3.06. The minimum absolute atomic E-state index is 0.0980. The lowest BCUT2D eigenvalue weighted by Gasteiger charge is -2.07. The fourth-order valence-electron chi connectivity index (χ4n) is 1.80. The number of hydrogen-bond donors (Lipinski definition) is 0. The molecule has 0 fully saturated rings. The first-order valence-corrected chi connectivity index (χ1v) is 6.72. The van der Waals surface area contributed by atoms with E-state index < -0.39 is 5.97 Å². The Bertz CT molecular complexity index is 692. The van der Waals surface area contributed by atoms with Gasteiger partial charge in [0.05, 0.1) is 27.5 Å². The van der Waals surface area contributed by atoms with Crippen molar-refractivity contribution in [2.45, 2.75) is 6.61 Å². The number of esters is 1. The molecule has 0 unspecified atom stereocenters. The number of carbonyl (C=O) groups is 1. The minimum Gasteiger partial charge on any atom is -0.493 e. The van der Waals surface area contributed by atoms with Crippen LogP contribution < -0.4 is 9.47 Å². The molecule has 0 saturated heterocycles. The average molecular weight is 319 g/mol. The Labute approximate surface area is 133 Å². The number of hydrogen-bond acceptors (Lipinski definition) is 7. The van der Waals surface area contributed by atoms with Crippen molar-refractivity contribution in [1.82, 2.24) is 0 Å². The maximum atomic E-state index is 11.2. The molecule has 0 N–H and O–H groups in total. The van der Waals surface area contributed by atoms with Gasteiger partial charge >= 0.3 is 5.97 Å². The highest BCUT2D eigenvalue weighted by molar-refractivity contribution is 5.86. The van der Waals surface area contributed by atoms with Crippen LogP contribution in [0, 0.1) is 0 Å². The number of furan rings is 1. The van der Waals surface area contributed by atoms with Crippen molar-refractivity contribution in [3.63, 3.8) is 0 Å². The highest BCUT2D eigenvalue weighted by atomic mass is 16.6. The Morgan fingerprint density at radius 2 is 1.91 bits per heavy atom. The third kappa shape index (κ3) is 4.26. The lowest BCUT2D eigenvalue weighted by atomic mass is 10.2. The van der Waals surface area contributed by atoms with E-state index in [4.69, 9.17) is 18.7 Å². The summed E-state index contributed by atoms with van der Waals surface area (Å²) in [6.07, 6.45) is 1.53. The van der Waals surface area contributed by atoms with Gasteiger partial charge in [-0.1, -0.05) is 5.16 Å². The third-order valence-electron chi connectivity index (χ3n) is 2.94. The molecule has 1 aromatic carbocycles. The summed E-state index contributed by atoms with van der Waals surface area (Å²) in [6.45, 7) is 0.0980. The molecule has 1 aromatic heterocycles. The molecular weight excluding hydrogens is 302 g/mol. The van der Waals surface area contributed by atoms with Gasteiger partial charge in [0.25, 0.3) is 0 Å². The van der Waals surface area contributed by atoms with Crippen LogP contribution in [0.3, 0.4) is 0 Å². The van der Waals surface area contributed by atoms with Crippen molar-refractivity contribution in [2.24, 2.45) is 5.16 Å². The summed E-state index contributed by atoms with van der Waals surface area (Å²) in [6, 6.07) is 8.50. The number of benzene rings is 1. The molecular formula is C16H17NO6. The van der Waals surface area contributed by atoms with Gasteiger partial charge in [0.2, 0.25) is 5.76 Å². The minimum atomic E-state index is -0.537. The van der Waals surface area contributed by atoms with Crippen LogP contribution in [0.15, 0.2) is 39.9 Å². The Morgan fingerprint density at radius 3 is 2.61 bits per heavy atom. The molecule has 23 heavy (non-hydrogen) atoms. The largest absolute Gasteiger partial charge is 0.493 e. The highest BCUT2D eigenvalue weighted by Gasteiger charge is 2.11. The molecule has 0 saturated carbocycles. The van der Waals surface area contributed by atoms with E-state index in [1.165, 1.54) is 19.4 Å². The first-order chi connectivity index (χ1) is 11.2. The van der Waals surface area contributed by atoms with Crippen molar-refractivity contribution in [3.8, 4) is 11.5 Å². The second-order valence-electron chi connectivity index (χ2n) is 4.38. The molecule has 0 bridgehead atoms. The van der Waals surface area contributed by atoms with Gasteiger partial charge in [-0.2, -0.15) is 0 Å². The van der Waals surface area contributed by atoms with Crippen LogP contribution in [0.1, 0.15) is 21.9 Å². The molecule has 122 valence electrons. The lowest BCUT2D eigenvalue weighted by molar-refractivity contribution is 0.0553. The predicted molar refractivity (Wildman–Crippen MR) is 82.0 cm³/mol. The van der Waals surface area contributed by atoms with Gasteiger partial charge in [-0.15, -0.1) is 0 Å². The molecule has 7 nitrogen and oxygen atoms in total. The fraction of sp³-hybridized carbons (Fsp3) is 0.250. The Hall–Kier alpha value is -2.96. The van der Waals surface area contributed by atoms with Crippen LogP contribution in [0.25, 0.3) is 0 Å². The van der Waals surface area contributed by atoms with Gasteiger partial charge < -0.3 is 23.5 Å². The molecule has 0 spiro atoms. The van der Waals surface area contributed by atoms with Gasteiger partial charge in [0.1, 0.15) is 5.76 Å². The van der Waals surface area contributed by atoms with Gasteiger partial charge in [-0.25, -0.2) is 4.79 Å². The molecule has 1 heterocycles. The first kappa shape index (κ1) is 16.4. The first-order valence-electron chi connectivity index (χ1n) is 6.72. The van der Waals surface area contributed by atoms with Gasteiger partial charge in [0, 0.05) is 5.56 Å². The van der Waals surface area contributed by atoms with E-state index in [1.807, 2.05) is 6.07 Å². The number of carbonyl (C=O) groups excluding carboxylic acids is 1. The molecule has 0 aliphatic heterocycles. The number of nitrogens with zero attached hydrogens (tertiary/aromatic N) is 1. The lowest BCUT2D eigenvalue weighted by Crippen LogP contribution is -1.98. The molecule has 0 aliphatic carbocycles. The van der Waals surface area contributed by atoms with Crippen LogP contribution in [-0.4, -0.2) is 33.5 Å². The van der Waals surface area contributed by atoms with Gasteiger partial charge in [-0.3, -0.25) is 0 Å². The molecule has 2 aromatic rings. The Morgan fingerprint density at radius 1 is 1.13 bits per heavy atom.